The van der Waals surface area contributed by atoms with Crippen LogP contribution >= 0.6 is 0 Å². The van der Waals surface area contributed by atoms with Gasteiger partial charge in [-0.3, -0.25) is 9.13 Å². The summed E-state index contributed by atoms with van der Waals surface area (Å²) in [5, 5.41) is 3.22. The Bertz CT molecular complexity index is 806. The fourth-order valence-corrected chi connectivity index (χ4v) is 18.3. The molecule has 7 nitrogen and oxygen atoms in total. The van der Waals surface area contributed by atoms with Gasteiger partial charge in [-0.2, -0.15) is 0 Å². The minimum atomic E-state index is -1.73. The molecule has 2 heterocycles. The van der Waals surface area contributed by atoms with Crippen molar-refractivity contribution in [2.75, 3.05) is 56.4 Å². The van der Waals surface area contributed by atoms with Crippen molar-refractivity contribution in [2.24, 2.45) is 14.1 Å². The molecule has 0 spiro atoms. The second-order valence-electron chi connectivity index (χ2n) is 12.9. The molecular weight excluding hydrogens is 439 g/mol. The summed E-state index contributed by atoms with van der Waals surface area (Å²) in [5.74, 6) is 0. The topological polar surface area (TPSA) is 25.0 Å². The van der Waals surface area contributed by atoms with Crippen LogP contribution in [-0.4, -0.2) is 121 Å². The van der Waals surface area contributed by atoms with Crippen LogP contribution in [0.25, 0.3) is 0 Å². The van der Waals surface area contributed by atoms with Gasteiger partial charge in [0, 0.05) is 0 Å². The predicted octanol–water partition coefficient (Wildman–Crippen LogP) is 0.664. The van der Waals surface area contributed by atoms with Crippen LogP contribution in [0.2, 0.25) is 39.3 Å². The van der Waals surface area contributed by atoms with Gasteiger partial charge in [0.05, 0.1) is 36.3 Å². The fraction of sp³-hybridized carbons (Fsp3) is 0.762. The average Bonchev–Trinajstić information content (AvgIpc) is 3.00. The van der Waals surface area contributed by atoms with E-state index in [1.54, 1.807) is 10.7 Å². The molecule has 0 fully saturated rings. The van der Waals surface area contributed by atoms with Crippen LogP contribution in [0.5, 0.6) is 0 Å². The van der Waals surface area contributed by atoms with Gasteiger partial charge in [0.2, 0.25) is 6.28 Å². The summed E-state index contributed by atoms with van der Waals surface area (Å²) in [4.78, 5) is 9.60. The Balaban J connectivity index is 3.08. The highest BCUT2D eigenvalue weighted by Gasteiger charge is 2.65. The third-order valence-corrected chi connectivity index (χ3v) is 14.8. The Morgan fingerprint density at radius 3 is 1.27 bits per heavy atom. The molecule has 0 aromatic carbocycles. The van der Waals surface area contributed by atoms with Crippen LogP contribution in [-0.2, 0) is 14.1 Å². The standard InChI is InChI=1S/C21H50B3N7Si2/c1-25(2)22(26(3)4)19-20(23(27(5)6)28(7)8)24(19,21-29(9)17-18-30(21)10)31(32(11,12)13)33(14,15)16/h17-18H,1-16H3. The molecule has 0 amide bonds. The minimum Gasteiger partial charge on any atom is -0.506 e. The molecule has 33 heavy (non-hydrogen) atoms. The molecular formula is C21H50B3N7Si2. The molecule has 0 unspecified atom stereocenters. The number of imidazole rings is 1. The Morgan fingerprint density at radius 2 is 1.06 bits per heavy atom. The SMILES string of the molecule is CN(C)B(C1=C(B(N(C)C)N(C)C)[B-]1(c1n(C)cc[n+]1C)N([Si](C)(C)C)[Si](C)(C)C)N(C)C. The van der Waals surface area contributed by atoms with Gasteiger partial charge >= 0.3 is 0 Å². The Hall–Kier alpha value is -0.621. The van der Waals surface area contributed by atoms with Crippen molar-refractivity contribution in [1.82, 2.24) is 28.0 Å². The first-order valence-corrected chi connectivity index (χ1v) is 19.1. The van der Waals surface area contributed by atoms with E-state index in [1.165, 1.54) is 5.72 Å². The molecule has 0 N–H and O–H groups in total. The first-order chi connectivity index (χ1) is 14.8. The van der Waals surface area contributed by atoms with E-state index in [1.807, 2.05) is 0 Å². The number of aryl methyl sites for hydroxylation is 2. The van der Waals surface area contributed by atoms with Crippen molar-refractivity contribution < 1.29 is 4.57 Å². The number of hydrogen-bond donors (Lipinski definition) is 0. The van der Waals surface area contributed by atoms with Crippen LogP contribution in [0.15, 0.2) is 23.1 Å². The molecule has 0 bridgehead atoms. The van der Waals surface area contributed by atoms with Gasteiger partial charge in [-0.15, -0.1) is 0 Å². The molecule has 1 aromatic heterocycles. The monoisotopic (exact) mass is 489 g/mol. The fourth-order valence-electron chi connectivity index (χ4n) is 7.17. The summed E-state index contributed by atoms with van der Waals surface area (Å²) >= 11 is 0. The van der Waals surface area contributed by atoms with E-state index in [4.69, 9.17) is 0 Å². The summed E-state index contributed by atoms with van der Waals surface area (Å²) in [6.07, 6.45) is 3.30. The molecule has 0 aliphatic carbocycles. The molecule has 0 atom stereocenters. The molecule has 2 rings (SSSR count). The summed E-state index contributed by atoms with van der Waals surface area (Å²) in [6.45, 7) is 15.8. The normalized spacial score (nSPS) is 16.8. The number of rotatable bonds is 10. The molecule has 1 aliphatic rings. The molecule has 0 saturated carbocycles. The largest absolute Gasteiger partial charge is 0.506 e. The van der Waals surface area contributed by atoms with Gasteiger partial charge in [-0.25, -0.2) is 10.7 Å². The van der Waals surface area contributed by atoms with Crippen LogP contribution in [0.1, 0.15) is 0 Å². The van der Waals surface area contributed by atoms with Crippen LogP contribution in [0.4, 0.5) is 0 Å². The molecule has 12 heteroatoms. The molecule has 1 aromatic rings. The molecule has 0 saturated heterocycles. The maximum Gasteiger partial charge on any atom is 0.299 e. The summed E-state index contributed by atoms with van der Waals surface area (Å²) in [5.41, 5.74) is 1.44. The quantitative estimate of drug-likeness (QED) is 0.356. The number of hydrogen-bond acceptors (Lipinski definition) is 5. The maximum atomic E-state index is 3.10. The van der Waals surface area contributed by atoms with Gasteiger partial charge in [0.25, 0.3) is 14.0 Å². The van der Waals surface area contributed by atoms with Crippen molar-refractivity contribution in [2.45, 2.75) is 39.3 Å². The second-order valence-corrected chi connectivity index (χ2v) is 23.0. The van der Waals surface area contributed by atoms with Crippen molar-refractivity contribution in [3.8, 4) is 0 Å². The lowest BCUT2D eigenvalue weighted by Crippen LogP contribution is -2.79. The lowest BCUT2D eigenvalue weighted by Gasteiger charge is -2.58. The van der Waals surface area contributed by atoms with Gasteiger partial charge < -0.3 is 23.4 Å². The minimum absolute atomic E-state index is 0.243. The van der Waals surface area contributed by atoms with E-state index >= 15 is 0 Å². The smallest absolute Gasteiger partial charge is 0.299 e. The third-order valence-electron chi connectivity index (χ3n) is 7.11. The van der Waals surface area contributed by atoms with Gasteiger partial charge in [-0.1, -0.05) is 39.3 Å². The number of aromatic nitrogens is 2. The molecule has 186 valence electrons. The van der Waals surface area contributed by atoms with E-state index < -0.39 is 22.8 Å². The maximum absolute atomic E-state index is 3.10. The van der Waals surface area contributed by atoms with E-state index in [-0.39, 0.29) is 14.0 Å². The first-order valence-electron chi connectivity index (χ1n) is 12.2. The van der Waals surface area contributed by atoms with Gasteiger partial charge in [0.1, 0.15) is 12.4 Å². The van der Waals surface area contributed by atoms with Crippen molar-refractivity contribution in [3.63, 3.8) is 0 Å². The molecule has 0 radical (unpaired) electrons. The lowest BCUT2D eigenvalue weighted by atomic mass is 9.33. The van der Waals surface area contributed by atoms with Gasteiger partial charge in [0.15, 0.2) is 0 Å². The van der Waals surface area contributed by atoms with Crippen LogP contribution < -0.4 is 10.3 Å². The highest BCUT2D eigenvalue weighted by molar-refractivity contribution is 7.31. The summed E-state index contributed by atoms with van der Waals surface area (Å²) < 4.78 is 7.88. The lowest BCUT2D eigenvalue weighted by molar-refractivity contribution is -0.653. The Labute approximate surface area is 207 Å². The van der Waals surface area contributed by atoms with E-state index in [9.17, 15) is 0 Å². The first kappa shape index (κ1) is 28.6. The highest BCUT2D eigenvalue weighted by atomic mass is 28.4. The van der Waals surface area contributed by atoms with E-state index in [0.29, 0.717) is 0 Å². The van der Waals surface area contributed by atoms with Gasteiger partial charge in [-0.05, 0) is 56.4 Å². The van der Waals surface area contributed by atoms with Crippen LogP contribution in [0.3, 0.4) is 0 Å². The highest BCUT2D eigenvalue weighted by Crippen LogP contribution is 2.51. The number of nitrogens with zero attached hydrogens (tertiary/aromatic N) is 7. The van der Waals surface area contributed by atoms with Crippen LogP contribution in [0, 0.1) is 0 Å². The van der Waals surface area contributed by atoms with E-state index in [2.05, 4.69) is 155 Å². The average molecular weight is 489 g/mol. The predicted molar refractivity (Wildman–Crippen MR) is 154 cm³/mol. The second kappa shape index (κ2) is 9.44. The Kier molecular flexibility index (Phi) is 8.19. The zero-order valence-corrected chi connectivity index (χ0v) is 26.5. The summed E-state index contributed by atoms with van der Waals surface area (Å²) in [7, 11) is 18.8. The molecule has 1 aliphatic heterocycles. The van der Waals surface area contributed by atoms with Crippen molar-refractivity contribution in [3.05, 3.63) is 23.1 Å². The zero-order chi connectivity index (χ0) is 25.8. The van der Waals surface area contributed by atoms with Crippen molar-refractivity contribution in [1.29, 1.82) is 0 Å². The van der Waals surface area contributed by atoms with Crippen molar-refractivity contribution >= 4 is 42.4 Å². The Morgan fingerprint density at radius 1 is 0.727 bits per heavy atom. The third kappa shape index (κ3) is 4.90. The van der Waals surface area contributed by atoms with E-state index in [0.717, 1.165) is 0 Å². The summed E-state index contributed by atoms with van der Waals surface area (Å²) in [6, 6.07) is 0. The zero-order valence-electron chi connectivity index (χ0n) is 24.5.